The zero-order chi connectivity index (χ0) is 10.6. The van der Waals surface area contributed by atoms with E-state index >= 15 is 0 Å². The molecule has 0 aromatic rings. The molecule has 0 aliphatic carbocycles. The SMILES string of the molecule is CCNC/C=C/CN(CC)CCC#N. The molecule has 0 fully saturated rings. The van der Waals surface area contributed by atoms with E-state index in [4.69, 9.17) is 5.26 Å². The van der Waals surface area contributed by atoms with Gasteiger partial charge in [0.15, 0.2) is 0 Å². The van der Waals surface area contributed by atoms with Gasteiger partial charge in [-0.3, -0.25) is 4.90 Å². The molecule has 0 amide bonds. The molecule has 1 N–H and O–H groups in total. The number of rotatable bonds is 8. The van der Waals surface area contributed by atoms with Crippen LogP contribution in [0.25, 0.3) is 0 Å². The Hall–Kier alpha value is -0.850. The Morgan fingerprint density at radius 2 is 2.14 bits per heavy atom. The maximum Gasteiger partial charge on any atom is 0.0635 e. The van der Waals surface area contributed by atoms with Crippen LogP contribution in [0.15, 0.2) is 12.2 Å². The van der Waals surface area contributed by atoms with E-state index in [0.717, 1.165) is 32.7 Å². The zero-order valence-corrected chi connectivity index (χ0v) is 9.29. The van der Waals surface area contributed by atoms with E-state index in [1.165, 1.54) is 0 Å². The van der Waals surface area contributed by atoms with Crippen LogP contribution in [0, 0.1) is 11.3 Å². The van der Waals surface area contributed by atoms with Gasteiger partial charge in [-0.25, -0.2) is 0 Å². The minimum atomic E-state index is 0.620. The summed E-state index contributed by atoms with van der Waals surface area (Å²) < 4.78 is 0. The first-order valence-electron chi connectivity index (χ1n) is 5.30. The van der Waals surface area contributed by atoms with Gasteiger partial charge in [0.05, 0.1) is 6.07 Å². The molecule has 3 nitrogen and oxygen atoms in total. The summed E-state index contributed by atoms with van der Waals surface area (Å²) in [5, 5.41) is 11.7. The third-order valence-electron chi connectivity index (χ3n) is 2.03. The van der Waals surface area contributed by atoms with Crippen molar-refractivity contribution in [1.29, 1.82) is 5.26 Å². The summed E-state index contributed by atoms with van der Waals surface area (Å²) in [6.07, 6.45) is 4.91. The summed E-state index contributed by atoms with van der Waals surface area (Å²) in [5.41, 5.74) is 0. The highest BCUT2D eigenvalue weighted by Crippen LogP contribution is 1.90. The predicted molar refractivity (Wildman–Crippen MR) is 60.0 cm³/mol. The quantitative estimate of drug-likeness (QED) is 0.470. The van der Waals surface area contributed by atoms with Gasteiger partial charge in [0, 0.05) is 26.1 Å². The highest BCUT2D eigenvalue weighted by atomic mass is 15.1. The van der Waals surface area contributed by atoms with Crippen LogP contribution in [0.3, 0.4) is 0 Å². The highest BCUT2D eigenvalue weighted by molar-refractivity contribution is 4.87. The average Bonchev–Trinajstić information content (AvgIpc) is 2.22. The summed E-state index contributed by atoms with van der Waals surface area (Å²) >= 11 is 0. The molecular formula is C11H21N3. The van der Waals surface area contributed by atoms with Crippen molar-refractivity contribution in [3.05, 3.63) is 12.2 Å². The average molecular weight is 195 g/mol. The first-order valence-corrected chi connectivity index (χ1v) is 5.30. The Labute approximate surface area is 87.4 Å². The topological polar surface area (TPSA) is 39.1 Å². The van der Waals surface area contributed by atoms with E-state index in [1.54, 1.807) is 0 Å². The van der Waals surface area contributed by atoms with Gasteiger partial charge in [-0.1, -0.05) is 26.0 Å². The van der Waals surface area contributed by atoms with Crippen molar-refractivity contribution in [1.82, 2.24) is 10.2 Å². The maximum atomic E-state index is 8.45. The first-order chi connectivity index (χ1) is 6.85. The first kappa shape index (κ1) is 13.2. The van der Waals surface area contributed by atoms with Crippen molar-refractivity contribution >= 4 is 0 Å². The van der Waals surface area contributed by atoms with Gasteiger partial charge in [-0.2, -0.15) is 5.26 Å². The van der Waals surface area contributed by atoms with Gasteiger partial charge in [0.2, 0.25) is 0 Å². The molecule has 0 saturated heterocycles. The molecule has 0 unspecified atom stereocenters. The number of hydrogen-bond donors (Lipinski definition) is 1. The Kier molecular flexibility index (Phi) is 9.61. The molecule has 0 rings (SSSR count). The highest BCUT2D eigenvalue weighted by Gasteiger charge is 1.97. The Morgan fingerprint density at radius 1 is 1.36 bits per heavy atom. The second-order valence-corrected chi connectivity index (χ2v) is 3.08. The van der Waals surface area contributed by atoms with Gasteiger partial charge in [-0.15, -0.1) is 0 Å². The van der Waals surface area contributed by atoms with Gasteiger partial charge >= 0.3 is 0 Å². The molecule has 0 bridgehead atoms. The van der Waals surface area contributed by atoms with Crippen LogP contribution >= 0.6 is 0 Å². The van der Waals surface area contributed by atoms with Crippen LogP contribution in [0.1, 0.15) is 20.3 Å². The van der Waals surface area contributed by atoms with Crippen molar-refractivity contribution in [3.8, 4) is 6.07 Å². The van der Waals surface area contributed by atoms with Crippen molar-refractivity contribution in [2.45, 2.75) is 20.3 Å². The van der Waals surface area contributed by atoms with Crippen LogP contribution in [0.4, 0.5) is 0 Å². The molecule has 0 radical (unpaired) electrons. The van der Waals surface area contributed by atoms with E-state index in [1.807, 2.05) is 0 Å². The van der Waals surface area contributed by atoms with Crippen LogP contribution < -0.4 is 5.32 Å². The summed E-state index contributed by atoms with van der Waals surface area (Å²) in [5.74, 6) is 0. The molecule has 0 atom stereocenters. The summed E-state index contributed by atoms with van der Waals surface area (Å²) in [4.78, 5) is 2.26. The minimum absolute atomic E-state index is 0.620. The van der Waals surface area contributed by atoms with Crippen LogP contribution in [0.5, 0.6) is 0 Å². The number of nitrogens with one attached hydrogen (secondary N) is 1. The zero-order valence-electron chi connectivity index (χ0n) is 9.29. The predicted octanol–water partition coefficient (Wildman–Crippen LogP) is 1.39. The molecular weight excluding hydrogens is 174 g/mol. The third kappa shape index (κ3) is 7.78. The monoisotopic (exact) mass is 195 g/mol. The van der Waals surface area contributed by atoms with Crippen molar-refractivity contribution in [2.24, 2.45) is 0 Å². The standard InChI is InChI=1S/C11H21N3/c1-3-13-9-5-6-10-14(4-2)11-7-8-12/h5-6,13H,3-4,7,9-11H2,1-2H3/b6-5+. The molecule has 0 aliphatic rings. The summed E-state index contributed by atoms with van der Waals surface area (Å²) in [6, 6.07) is 2.17. The third-order valence-corrected chi connectivity index (χ3v) is 2.03. The Bertz CT molecular complexity index is 181. The van der Waals surface area contributed by atoms with Gasteiger partial charge in [0.25, 0.3) is 0 Å². The molecule has 14 heavy (non-hydrogen) atoms. The fourth-order valence-electron chi connectivity index (χ4n) is 1.12. The van der Waals surface area contributed by atoms with Crippen molar-refractivity contribution in [3.63, 3.8) is 0 Å². The Balaban J connectivity index is 3.51. The fourth-order valence-corrected chi connectivity index (χ4v) is 1.12. The fraction of sp³-hybridized carbons (Fsp3) is 0.727. The van der Waals surface area contributed by atoms with Crippen LogP contribution in [-0.2, 0) is 0 Å². The lowest BCUT2D eigenvalue weighted by molar-refractivity contribution is 0.326. The molecule has 3 heteroatoms. The number of hydrogen-bond acceptors (Lipinski definition) is 3. The van der Waals surface area contributed by atoms with Crippen molar-refractivity contribution < 1.29 is 0 Å². The summed E-state index contributed by atoms with van der Waals surface area (Å²) in [6.45, 7) is 8.99. The molecule has 80 valence electrons. The lowest BCUT2D eigenvalue weighted by atomic mass is 10.3. The molecule has 0 aromatic carbocycles. The van der Waals surface area contributed by atoms with E-state index in [9.17, 15) is 0 Å². The summed E-state index contributed by atoms with van der Waals surface area (Å²) in [7, 11) is 0. The largest absolute Gasteiger partial charge is 0.314 e. The van der Waals surface area contributed by atoms with Gasteiger partial charge in [-0.05, 0) is 13.1 Å². The lowest BCUT2D eigenvalue weighted by Crippen LogP contribution is -2.24. The van der Waals surface area contributed by atoms with Crippen LogP contribution in [0.2, 0.25) is 0 Å². The van der Waals surface area contributed by atoms with E-state index < -0.39 is 0 Å². The number of nitrogens with zero attached hydrogens (tertiary/aromatic N) is 2. The second kappa shape index (κ2) is 10.2. The molecule has 0 saturated carbocycles. The van der Waals surface area contributed by atoms with E-state index in [2.05, 4.69) is 42.3 Å². The molecule has 0 aromatic heterocycles. The number of likely N-dealkylation sites (N-methyl/N-ethyl adjacent to an activating group) is 2. The lowest BCUT2D eigenvalue weighted by Gasteiger charge is -2.15. The normalized spacial score (nSPS) is 11.0. The van der Waals surface area contributed by atoms with E-state index in [-0.39, 0.29) is 0 Å². The van der Waals surface area contributed by atoms with Crippen molar-refractivity contribution in [2.75, 3.05) is 32.7 Å². The van der Waals surface area contributed by atoms with Gasteiger partial charge in [0.1, 0.15) is 0 Å². The Morgan fingerprint density at radius 3 is 2.71 bits per heavy atom. The minimum Gasteiger partial charge on any atom is -0.314 e. The molecule has 0 heterocycles. The molecule has 0 aliphatic heterocycles. The number of nitriles is 1. The smallest absolute Gasteiger partial charge is 0.0635 e. The maximum absolute atomic E-state index is 8.45. The van der Waals surface area contributed by atoms with E-state index in [0.29, 0.717) is 6.42 Å². The second-order valence-electron chi connectivity index (χ2n) is 3.08. The van der Waals surface area contributed by atoms with Crippen LogP contribution in [-0.4, -0.2) is 37.6 Å². The molecule has 0 spiro atoms. The van der Waals surface area contributed by atoms with Gasteiger partial charge < -0.3 is 5.32 Å².